The van der Waals surface area contributed by atoms with Gasteiger partial charge in [-0.3, -0.25) is 4.79 Å². The molecule has 0 spiro atoms. The molecular weight excluding hydrogens is 420 g/mol. The van der Waals surface area contributed by atoms with E-state index in [1.54, 1.807) is 6.07 Å². The second-order valence-electron chi connectivity index (χ2n) is 8.84. The standard InChI is InChI=1S/C29H28N4O/c1-5-21-11-13-25(22-9-7-6-8-10-22)32-26(21)15-20(2)17-31-28(34)23-12-14-27-24(16-23)29(3,18-30)19-33(27)4/h5-16H,2,17,19H2,1,3-4H3,(H,31,34)/b21-5-,26-15+. The third kappa shape index (κ3) is 4.49. The van der Waals surface area contributed by atoms with Crippen molar-refractivity contribution < 1.29 is 4.79 Å². The summed E-state index contributed by atoms with van der Waals surface area (Å²) in [5, 5.41) is 14.4. The summed E-state index contributed by atoms with van der Waals surface area (Å²) in [5.74, 6) is -0.194. The molecule has 0 bridgehead atoms. The number of rotatable bonds is 5. The van der Waals surface area contributed by atoms with E-state index in [4.69, 9.17) is 4.98 Å². The van der Waals surface area contributed by atoms with Crippen molar-refractivity contribution in [3.8, 4) is 17.3 Å². The van der Waals surface area contributed by atoms with E-state index in [-0.39, 0.29) is 5.91 Å². The van der Waals surface area contributed by atoms with Gasteiger partial charge in [-0.05, 0) is 60.5 Å². The first-order chi connectivity index (χ1) is 16.3. The number of carbonyl (C=O) groups is 1. The Morgan fingerprint density at radius 1 is 1.24 bits per heavy atom. The first kappa shape index (κ1) is 23.0. The maximum Gasteiger partial charge on any atom is 0.251 e. The molecule has 1 N–H and O–H groups in total. The van der Waals surface area contributed by atoms with Crippen LogP contribution in [0.15, 0.2) is 72.8 Å². The fourth-order valence-electron chi connectivity index (χ4n) is 4.35. The van der Waals surface area contributed by atoms with Gasteiger partial charge in [-0.25, -0.2) is 4.98 Å². The Labute approximate surface area is 200 Å². The largest absolute Gasteiger partial charge is 0.372 e. The Morgan fingerprint density at radius 3 is 2.71 bits per heavy atom. The third-order valence-electron chi connectivity index (χ3n) is 6.22. The monoisotopic (exact) mass is 448 g/mol. The highest BCUT2D eigenvalue weighted by atomic mass is 16.1. The molecule has 2 aromatic carbocycles. The smallest absolute Gasteiger partial charge is 0.251 e. The molecule has 1 aliphatic rings. The molecule has 1 atom stereocenters. The molecule has 3 aromatic rings. The number of anilines is 1. The van der Waals surface area contributed by atoms with Gasteiger partial charge in [-0.2, -0.15) is 5.26 Å². The summed E-state index contributed by atoms with van der Waals surface area (Å²) in [6, 6.07) is 22.0. The van der Waals surface area contributed by atoms with Crippen molar-refractivity contribution in [2.45, 2.75) is 19.3 Å². The van der Waals surface area contributed by atoms with E-state index in [9.17, 15) is 10.1 Å². The molecule has 0 fully saturated rings. The Bertz CT molecular complexity index is 1420. The number of carbonyl (C=O) groups excluding carboxylic acids is 1. The maximum absolute atomic E-state index is 12.9. The summed E-state index contributed by atoms with van der Waals surface area (Å²) in [6.07, 6.45) is 3.92. The van der Waals surface area contributed by atoms with Crippen LogP contribution >= 0.6 is 0 Å². The van der Waals surface area contributed by atoms with Crippen LogP contribution in [0.5, 0.6) is 0 Å². The molecule has 1 amide bonds. The zero-order chi connectivity index (χ0) is 24.3. The quantitative estimate of drug-likeness (QED) is 0.648. The minimum Gasteiger partial charge on any atom is -0.372 e. The van der Waals surface area contributed by atoms with Crippen LogP contribution in [-0.2, 0) is 5.41 Å². The van der Waals surface area contributed by atoms with Gasteiger partial charge in [0.05, 0.1) is 22.5 Å². The van der Waals surface area contributed by atoms with E-state index >= 15 is 0 Å². The van der Waals surface area contributed by atoms with Crippen LogP contribution in [0, 0.1) is 11.3 Å². The molecule has 0 radical (unpaired) electrons. The molecule has 170 valence electrons. The number of hydrogen-bond acceptors (Lipinski definition) is 4. The van der Waals surface area contributed by atoms with E-state index in [1.165, 1.54) is 0 Å². The van der Waals surface area contributed by atoms with Crippen LogP contribution < -0.4 is 20.8 Å². The van der Waals surface area contributed by atoms with Gasteiger partial charge >= 0.3 is 0 Å². The number of hydrogen-bond donors (Lipinski definition) is 1. The second kappa shape index (κ2) is 9.36. The van der Waals surface area contributed by atoms with Crippen LogP contribution in [0.25, 0.3) is 23.4 Å². The highest BCUT2D eigenvalue weighted by Crippen LogP contribution is 2.39. The van der Waals surface area contributed by atoms with Crippen LogP contribution in [0.3, 0.4) is 0 Å². The van der Waals surface area contributed by atoms with Crippen LogP contribution in [0.4, 0.5) is 5.69 Å². The number of aromatic nitrogens is 1. The fraction of sp³-hybridized carbons (Fsp3) is 0.207. The maximum atomic E-state index is 12.9. The molecule has 5 heteroatoms. The number of amides is 1. The second-order valence-corrected chi connectivity index (χ2v) is 8.84. The van der Waals surface area contributed by atoms with Crippen molar-refractivity contribution in [2.24, 2.45) is 0 Å². The van der Waals surface area contributed by atoms with Crippen LogP contribution in [0.1, 0.15) is 29.8 Å². The topological polar surface area (TPSA) is 69.0 Å². The Morgan fingerprint density at radius 2 is 2.00 bits per heavy atom. The number of pyridine rings is 1. The lowest BCUT2D eigenvalue weighted by Crippen LogP contribution is -2.30. The molecule has 0 saturated heterocycles. The normalized spacial score (nSPS) is 17.9. The number of benzene rings is 2. The number of nitrogens with zero attached hydrogens (tertiary/aromatic N) is 3. The minimum absolute atomic E-state index is 0.194. The van der Waals surface area contributed by atoms with Gasteiger partial charge in [0.15, 0.2) is 0 Å². The van der Waals surface area contributed by atoms with Crippen molar-refractivity contribution in [1.29, 1.82) is 5.26 Å². The lowest BCUT2D eigenvalue weighted by molar-refractivity contribution is 0.0957. The van der Waals surface area contributed by atoms with Gasteiger partial charge in [0.25, 0.3) is 5.91 Å². The van der Waals surface area contributed by atoms with Crippen LogP contribution in [0.2, 0.25) is 0 Å². The molecule has 5 nitrogen and oxygen atoms in total. The summed E-state index contributed by atoms with van der Waals surface area (Å²) in [5.41, 5.74) is 4.47. The average molecular weight is 449 g/mol. The van der Waals surface area contributed by atoms with E-state index in [0.29, 0.717) is 18.7 Å². The summed E-state index contributed by atoms with van der Waals surface area (Å²) < 4.78 is 0. The molecule has 2 heterocycles. The molecule has 0 saturated carbocycles. The summed E-state index contributed by atoms with van der Waals surface area (Å²) in [4.78, 5) is 19.7. The van der Waals surface area contributed by atoms with Crippen molar-refractivity contribution in [2.75, 3.05) is 25.0 Å². The predicted molar refractivity (Wildman–Crippen MR) is 138 cm³/mol. The zero-order valence-corrected chi connectivity index (χ0v) is 19.8. The summed E-state index contributed by atoms with van der Waals surface area (Å²) >= 11 is 0. The minimum atomic E-state index is -0.625. The van der Waals surface area contributed by atoms with E-state index in [1.807, 2.05) is 87.6 Å². The van der Waals surface area contributed by atoms with Gasteiger partial charge in [0.1, 0.15) is 0 Å². The van der Waals surface area contributed by atoms with Crippen molar-refractivity contribution in [3.05, 3.63) is 94.5 Å². The van der Waals surface area contributed by atoms with Crippen molar-refractivity contribution in [3.63, 3.8) is 0 Å². The molecule has 4 rings (SSSR count). The lowest BCUT2D eigenvalue weighted by atomic mass is 9.85. The lowest BCUT2D eigenvalue weighted by Gasteiger charge is -2.15. The van der Waals surface area contributed by atoms with E-state index < -0.39 is 5.41 Å². The van der Waals surface area contributed by atoms with Gasteiger partial charge in [-0.15, -0.1) is 0 Å². The molecule has 1 aliphatic heterocycles. The molecule has 0 aliphatic carbocycles. The number of nitrogens with one attached hydrogen (secondary N) is 1. The Kier molecular flexibility index (Phi) is 6.34. The number of likely N-dealkylation sites (N-methyl/N-ethyl adjacent to an activating group) is 1. The predicted octanol–water partition coefficient (Wildman–Crippen LogP) is 3.55. The molecule has 1 unspecified atom stereocenters. The Balaban J connectivity index is 1.53. The van der Waals surface area contributed by atoms with Gasteiger partial charge in [0.2, 0.25) is 0 Å². The van der Waals surface area contributed by atoms with Crippen molar-refractivity contribution in [1.82, 2.24) is 10.3 Å². The van der Waals surface area contributed by atoms with Gasteiger partial charge < -0.3 is 10.2 Å². The van der Waals surface area contributed by atoms with Crippen molar-refractivity contribution >= 4 is 23.7 Å². The van der Waals surface area contributed by atoms with Crippen LogP contribution in [-0.4, -0.2) is 31.0 Å². The Hall–Kier alpha value is -4.17. The third-order valence-corrected chi connectivity index (χ3v) is 6.22. The zero-order valence-electron chi connectivity index (χ0n) is 19.8. The summed E-state index contributed by atoms with van der Waals surface area (Å²) in [6.45, 7) is 8.92. The highest BCUT2D eigenvalue weighted by molar-refractivity contribution is 5.95. The fourth-order valence-corrected chi connectivity index (χ4v) is 4.35. The highest BCUT2D eigenvalue weighted by Gasteiger charge is 2.38. The SMILES string of the molecule is C=C(/C=c1/nc(-c2ccccc2)cc/c1=C/C)CNC(=O)c1ccc2c(c1)C(C)(C#N)CN2C. The molecular formula is C29H28N4O. The molecule has 34 heavy (non-hydrogen) atoms. The van der Waals surface area contributed by atoms with Gasteiger partial charge in [-0.1, -0.05) is 49.1 Å². The van der Waals surface area contributed by atoms with E-state index in [0.717, 1.165) is 38.6 Å². The number of fused-ring (bicyclic) bond motifs is 1. The number of nitriles is 1. The first-order valence-corrected chi connectivity index (χ1v) is 11.3. The summed E-state index contributed by atoms with van der Waals surface area (Å²) in [7, 11) is 1.96. The first-order valence-electron chi connectivity index (χ1n) is 11.3. The average Bonchev–Trinajstić information content (AvgIpc) is 3.12. The molecule has 1 aromatic heterocycles. The van der Waals surface area contributed by atoms with E-state index in [2.05, 4.69) is 22.9 Å². The van der Waals surface area contributed by atoms with Gasteiger partial charge in [0, 0.05) is 37.0 Å².